The molecular weight excluding hydrogens is 288 g/mol. The zero-order chi connectivity index (χ0) is 16.0. The van der Waals surface area contributed by atoms with E-state index in [-0.39, 0.29) is 24.0 Å². The highest BCUT2D eigenvalue weighted by atomic mass is 35.5. The van der Waals surface area contributed by atoms with Crippen LogP contribution in [0, 0.1) is 0 Å². The number of likely N-dealkylation sites (N-methyl/N-ethyl adjacent to an activating group) is 1. The van der Waals surface area contributed by atoms with Gasteiger partial charge in [0, 0.05) is 37.7 Å². The summed E-state index contributed by atoms with van der Waals surface area (Å²) in [6.07, 6.45) is 0.0826. The van der Waals surface area contributed by atoms with Crippen molar-refractivity contribution in [2.24, 2.45) is 5.73 Å². The van der Waals surface area contributed by atoms with Gasteiger partial charge in [0.05, 0.1) is 12.5 Å². The van der Waals surface area contributed by atoms with Crippen LogP contribution in [0.2, 0.25) is 5.02 Å². The van der Waals surface area contributed by atoms with Crippen LogP contribution in [0.5, 0.6) is 0 Å². The van der Waals surface area contributed by atoms with E-state index in [4.69, 9.17) is 22.1 Å². The van der Waals surface area contributed by atoms with Gasteiger partial charge in [-0.3, -0.25) is 4.79 Å². The van der Waals surface area contributed by atoms with E-state index in [9.17, 15) is 4.79 Å². The molecule has 0 saturated heterocycles. The molecule has 3 unspecified atom stereocenters. The predicted molar refractivity (Wildman–Crippen MR) is 86.6 cm³/mol. The second-order valence-corrected chi connectivity index (χ2v) is 5.82. The normalized spacial score (nSPS) is 15.3. The number of carbonyl (C=O) groups excluding carboxylic acids is 1. The minimum atomic E-state index is -0.224. The van der Waals surface area contributed by atoms with Crippen LogP contribution in [-0.4, -0.2) is 43.7 Å². The molecule has 0 aliphatic heterocycles. The fourth-order valence-corrected chi connectivity index (χ4v) is 2.34. The Labute approximate surface area is 132 Å². The summed E-state index contributed by atoms with van der Waals surface area (Å²) in [7, 11) is 3.40. The lowest BCUT2D eigenvalue weighted by Crippen LogP contribution is -2.40. The van der Waals surface area contributed by atoms with Crippen LogP contribution in [0.25, 0.3) is 0 Å². The summed E-state index contributed by atoms with van der Waals surface area (Å²) >= 11 is 5.91. The molecule has 0 aromatic heterocycles. The molecule has 1 rings (SSSR count). The van der Waals surface area contributed by atoms with Gasteiger partial charge in [-0.1, -0.05) is 30.7 Å². The molecule has 0 radical (unpaired) electrons. The Kier molecular flexibility index (Phi) is 7.15. The highest BCUT2D eigenvalue weighted by molar-refractivity contribution is 6.30. The topological polar surface area (TPSA) is 55.6 Å². The molecule has 5 heteroatoms. The van der Waals surface area contributed by atoms with Crippen LogP contribution in [0.1, 0.15) is 31.7 Å². The fraction of sp³-hybridized carbons (Fsp3) is 0.562. The van der Waals surface area contributed by atoms with Crippen molar-refractivity contribution in [1.82, 2.24) is 4.90 Å². The van der Waals surface area contributed by atoms with Gasteiger partial charge in [0.1, 0.15) is 0 Å². The van der Waals surface area contributed by atoms with Crippen LogP contribution < -0.4 is 5.73 Å². The fourth-order valence-electron chi connectivity index (χ4n) is 2.21. The number of nitrogens with zero attached hydrogens (tertiary/aromatic N) is 1. The molecule has 0 heterocycles. The number of amides is 1. The van der Waals surface area contributed by atoms with E-state index in [0.717, 1.165) is 5.56 Å². The average Bonchev–Trinajstić information content (AvgIpc) is 2.50. The number of benzene rings is 1. The van der Waals surface area contributed by atoms with Crippen molar-refractivity contribution in [3.63, 3.8) is 0 Å². The van der Waals surface area contributed by atoms with Crippen molar-refractivity contribution in [1.29, 1.82) is 0 Å². The first kappa shape index (κ1) is 18.0. The van der Waals surface area contributed by atoms with Gasteiger partial charge >= 0.3 is 0 Å². The minimum Gasteiger partial charge on any atom is -0.380 e. The smallest absolute Gasteiger partial charge is 0.225 e. The number of carbonyl (C=O) groups is 1. The molecule has 1 aromatic rings. The van der Waals surface area contributed by atoms with Gasteiger partial charge in [-0.05, 0) is 24.6 Å². The van der Waals surface area contributed by atoms with E-state index in [1.807, 2.05) is 38.2 Å². The van der Waals surface area contributed by atoms with Gasteiger partial charge in [0.25, 0.3) is 0 Å². The molecule has 1 aromatic carbocycles. The van der Waals surface area contributed by atoms with Crippen molar-refractivity contribution in [3.8, 4) is 0 Å². The van der Waals surface area contributed by atoms with Gasteiger partial charge in [-0.15, -0.1) is 0 Å². The van der Waals surface area contributed by atoms with Gasteiger partial charge in [-0.2, -0.15) is 0 Å². The van der Waals surface area contributed by atoms with E-state index in [2.05, 4.69) is 6.92 Å². The van der Waals surface area contributed by atoms with Crippen molar-refractivity contribution in [3.05, 3.63) is 34.9 Å². The molecule has 0 aliphatic rings. The summed E-state index contributed by atoms with van der Waals surface area (Å²) in [5, 5.41) is 0.717. The second-order valence-electron chi connectivity index (χ2n) is 5.38. The molecule has 4 nitrogen and oxygen atoms in total. The van der Waals surface area contributed by atoms with E-state index < -0.39 is 0 Å². The molecule has 0 aliphatic carbocycles. The summed E-state index contributed by atoms with van der Waals surface area (Å²) in [4.78, 5) is 14.0. The monoisotopic (exact) mass is 312 g/mol. The molecule has 0 spiro atoms. The Morgan fingerprint density at radius 3 is 2.38 bits per heavy atom. The highest BCUT2D eigenvalue weighted by Gasteiger charge is 2.24. The number of hydrogen-bond acceptors (Lipinski definition) is 3. The van der Waals surface area contributed by atoms with Crippen molar-refractivity contribution in [2.75, 3.05) is 20.7 Å². The molecule has 3 atom stereocenters. The maximum atomic E-state index is 12.3. The number of methoxy groups -OCH3 is 1. The van der Waals surface area contributed by atoms with Gasteiger partial charge in [0.15, 0.2) is 0 Å². The van der Waals surface area contributed by atoms with E-state index >= 15 is 0 Å². The van der Waals surface area contributed by atoms with Gasteiger partial charge in [-0.25, -0.2) is 0 Å². The third-order valence-electron chi connectivity index (χ3n) is 4.12. The van der Waals surface area contributed by atoms with E-state index in [1.165, 1.54) is 0 Å². The first-order chi connectivity index (χ1) is 9.90. The third-order valence-corrected chi connectivity index (χ3v) is 4.37. The third kappa shape index (κ3) is 4.99. The second kappa shape index (κ2) is 8.37. The van der Waals surface area contributed by atoms with Crippen molar-refractivity contribution in [2.45, 2.75) is 38.3 Å². The van der Waals surface area contributed by atoms with Gasteiger partial charge < -0.3 is 15.4 Å². The first-order valence-electron chi connectivity index (χ1n) is 7.14. The van der Waals surface area contributed by atoms with Crippen LogP contribution in [0.15, 0.2) is 24.3 Å². The number of hydrogen-bond donors (Lipinski definition) is 1. The van der Waals surface area contributed by atoms with Gasteiger partial charge in [0.2, 0.25) is 5.91 Å². The summed E-state index contributed by atoms with van der Waals surface area (Å²) in [5.41, 5.74) is 6.73. The van der Waals surface area contributed by atoms with E-state index in [0.29, 0.717) is 18.0 Å². The van der Waals surface area contributed by atoms with Crippen LogP contribution >= 0.6 is 11.6 Å². The predicted octanol–water partition coefficient (Wildman–Crippen LogP) is 2.65. The Bertz CT molecular complexity index is 446. The van der Waals surface area contributed by atoms with Crippen LogP contribution in [0.3, 0.4) is 0 Å². The van der Waals surface area contributed by atoms with Crippen molar-refractivity contribution >= 4 is 17.5 Å². The Morgan fingerprint density at radius 2 is 1.90 bits per heavy atom. The molecule has 0 bridgehead atoms. The highest BCUT2D eigenvalue weighted by Crippen LogP contribution is 2.24. The number of ether oxygens (including phenoxy) is 1. The molecule has 2 N–H and O–H groups in total. The summed E-state index contributed by atoms with van der Waals surface area (Å²) in [6.45, 7) is 4.49. The lowest BCUT2D eigenvalue weighted by Gasteiger charge is -2.31. The molecule has 0 fully saturated rings. The maximum absolute atomic E-state index is 12.3. The van der Waals surface area contributed by atoms with Crippen molar-refractivity contribution < 1.29 is 9.53 Å². The van der Waals surface area contributed by atoms with E-state index in [1.54, 1.807) is 12.0 Å². The first-order valence-corrected chi connectivity index (χ1v) is 7.52. The zero-order valence-corrected chi connectivity index (χ0v) is 13.9. The SMILES string of the molecule is COC(CN)CC(=O)N(C)C(C)C(C)c1ccc(Cl)cc1. The summed E-state index contributed by atoms with van der Waals surface area (Å²) < 4.78 is 5.17. The molecule has 1 amide bonds. The molecule has 0 saturated carbocycles. The molecule has 21 heavy (non-hydrogen) atoms. The number of rotatable bonds is 7. The minimum absolute atomic E-state index is 0.0422. The lowest BCUT2D eigenvalue weighted by atomic mass is 9.93. The Morgan fingerprint density at radius 1 is 1.33 bits per heavy atom. The zero-order valence-electron chi connectivity index (χ0n) is 13.2. The summed E-state index contributed by atoms with van der Waals surface area (Å²) in [6, 6.07) is 7.82. The number of nitrogens with two attached hydrogens (primary N) is 1. The largest absolute Gasteiger partial charge is 0.380 e. The Hall–Kier alpha value is -1.10. The lowest BCUT2D eigenvalue weighted by molar-refractivity contribution is -0.134. The average molecular weight is 313 g/mol. The Balaban J connectivity index is 2.70. The number of halogens is 1. The van der Waals surface area contributed by atoms with Crippen LogP contribution in [0.4, 0.5) is 0 Å². The van der Waals surface area contributed by atoms with Crippen LogP contribution in [-0.2, 0) is 9.53 Å². The quantitative estimate of drug-likeness (QED) is 0.842. The molecule has 118 valence electrons. The molecular formula is C16H25ClN2O2. The standard InChI is InChI=1S/C16H25ClN2O2/c1-11(13-5-7-14(17)8-6-13)12(2)19(3)16(20)9-15(10-18)21-4/h5-8,11-12,15H,9-10,18H2,1-4H3. The summed E-state index contributed by atoms with van der Waals surface area (Å²) in [5.74, 6) is 0.260. The maximum Gasteiger partial charge on any atom is 0.225 e.